The number of halogens is 1. The van der Waals surface area contributed by atoms with Crippen LogP contribution in [0.25, 0.3) is 5.69 Å². The molecule has 0 radical (unpaired) electrons. The largest absolute Gasteiger partial charge is 0.352 e. The van der Waals surface area contributed by atoms with Crippen molar-refractivity contribution in [1.82, 2.24) is 24.8 Å². The molecule has 2 atom stereocenters. The molecule has 0 amide bonds. The minimum Gasteiger partial charge on any atom is -0.352 e. The van der Waals surface area contributed by atoms with Crippen LogP contribution < -0.4 is 5.32 Å². The van der Waals surface area contributed by atoms with Crippen molar-refractivity contribution in [2.24, 2.45) is 0 Å². The van der Waals surface area contributed by atoms with E-state index in [1.807, 2.05) is 61.0 Å². The Kier molecular flexibility index (Phi) is 5.64. The lowest BCUT2D eigenvalue weighted by atomic mass is 9.96. The van der Waals surface area contributed by atoms with Crippen LogP contribution >= 0.6 is 12.2 Å². The highest BCUT2D eigenvalue weighted by atomic mass is 32.1. The van der Waals surface area contributed by atoms with E-state index in [1.165, 1.54) is 6.07 Å². The number of aryl methyl sites for hydroxylation is 1. The van der Waals surface area contributed by atoms with Crippen LogP contribution in [0.1, 0.15) is 40.3 Å². The molecular formula is C26H24FN5S. The fraction of sp³-hybridized carbons (Fsp3) is 0.192. The maximum absolute atomic E-state index is 14.7. The van der Waals surface area contributed by atoms with E-state index < -0.39 is 0 Å². The van der Waals surface area contributed by atoms with Gasteiger partial charge in [0, 0.05) is 36.5 Å². The summed E-state index contributed by atoms with van der Waals surface area (Å²) < 4.78 is 16.7. The van der Waals surface area contributed by atoms with E-state index in [0.29, 0.717) is 17.3 Å². The standard InChI is InChI=1S/C26H24FN5S/c1-17-14-20(18(2)32(17)23-11-4-3-9-21(23)27)25-24(22-10-5-6-13-29-22)30-26(33)31(25)16-19-8-7-12-28-15-19/h3-15,24-25H,16H2,1-2H3,(H,30,33). The van der Waals surface area contributed by atoms with Crippen LogP contribution in [0.2, 0.25) is 0 Å². The molecule has 2 unspecified atom stereocenters. The molecule has 5 nitrogen and oxygen atoms in total. The Morgan fingerprint density at radius 2 is 1.85 bits per heavy atom. The van der Waals surface area contributed by atoms with Gasteiger partial charge in [-0.25, -0.2) is 4.39 Å². The van der Waals surface area contributed by atoms with E-state index >= 15 is 0 Å². The minimum atomic E-state index is -0.251. The maximum atomic E-state index is 14.7. The maximum Gasteiger partial charge on any atom is 0.170 e. The molecule has 0 spiro atoms. The number of pyridine rings is 2. The Morgan fingerprint density at radius 3 is 2.58 bits per heavy atom. The lowest BCUT2D eigenvalue weighted by molar-refractivity contribution is 0.310. The van der Waals surface area contributed by atoms with Crippen molar-refractivity contribution in [2.75, 3.05) is 0 Å². The summed E-state index contributed by atoms with van der Waals surface area (Å²) in [6.45, 7) is 4.65. The Labute approximate surface area is 197 Å². The van der Waals surface area contributed by atoms with E-state index in [1.54, 1.807) is 24.5 Å². The van der Waals surface area contributed by atoms with Gasteiger partial charge in [0.25, 0.3) is 0 Å². The average molecular weight is 458 g/mol. The molecule has 1 aliphatic rings. The van der Waals surface area contributed by atoms with Crippen molar-refractivity contribution < 1.29 is 4.39 Å². The van der Waals surface area contributed by atoms with Crippen LogP contribution in [0.3, 0.4) is 0 Å². The summed E-state index contributed by atoms with van der Waals surface area (Å²) in [5.41, 5.74) is 5.55. The molecule has 1 fully saturated rings. The molecule has 3 aromatic heterocycles. The highest BCUT2D eigenvalue weighted by Gasteiger charge is 2.41. The highest BCUT2D eigenvalue weighted by molar-refractivity contribution is 7.80. The Bertz CT molecular complexity index is 1290. The zero-order chi connectivity index (χ0) is 22.9. The summed E-state index contributed by atoms with van der Waals surface area (Å²) in [7, 11) is 0. The van der Waals surface area contributed by atoms with Gasteiger partial charge in [0.15, 0.2) is 5.11 Å². The fourth-order valence-electron chi connectivity index (χ4n) is 4.69. The summed E-state index contributed by atoms with van der Waals surface area (Å²) in [5, 5.41) is 4.15. The number of nitrogens with one attached hydrogen (secondary N) is 1. The summed E-state index contributed by atoms with van der Waals surface area (Å²) >= 11 is 5.79. The van der Waals surface area contributed by atoms with Crippen molar-refractivity contribution >= 4 is 17.3 Å². The molecule has 4 heterocycles. The Balaban J connectivity index is 1.63. The molecule has 0 saturated carbocycles. The number of hydrogen-bond acceptors (Lipinski definition) is 3. The second-order valence-corrected chi connectivity index (χ2v) is 8.62. The van der Waals surface area contributed by atoms with Gasteiger partial charge < -0.3 is 14.8 Å². The van der Waals surface area contributed by atoms with E-state index in [-0.39, 0.29) is 17.9 Å². The molecule has 1 N–H and O–H groups in total. The molecule has 1 saturated heterocycles. The van der Waals surface area contributed by atoms with Crippen LogP contribution in [0.15, 0.2) is 79.3 Å². The SMILES string of the molecule is Cc1cc(C2C(c3ccccn3)NC(=S)N2Cc2cccnc2)c(C)n1-c1ccccc1F. The third-order valence-electron chi connectivity index (χ3n) is 6.16. The van der Waals surface area contributed by atoms with Gasteiger partial charge in [0.2, 0.25) is 0 Å². The second kappa shape index (κ2) is 8.75. The Morgan fingerprint density at radius 1 is 1.03 bits per heavy atom. The molecule has 33 heavy (non-hydrogen) atoms. The lowest BCUT2D eigenvalue weighted by Crippen LogP contribution is -2.29. The molecule has 0 aliphatic carbocycles. The van der Waals surface area contributed by atoms with Gasteiger partial charge in [-0.05, 0) is 73.6 Å². The highest BCUT2D eigenvalue weighted by Crippen LogP contribution is 2.42. The molecule has 1 aromatic carbocycles. The molecule has 1 aliphatic heterocycles. The predicted molar refractivity (Wildman–Crippen MR) is 130 cm³/mol. The quantitative estimate of drug-likeness (QED) is 0.418. The number of para-hydroxylation sites is 1. The lowest BCUT2D eigenvalue weighted by Gasteiger charge is -2.28. The minimum absolute atomic E-state index is 0.112. The second-order valence-electron chi connectivity index (χ2n) is 8.23. The molecule has 5 rings (SSSR count). The zero-order valence-corrected chi connectivity index (χ0v) is 19.3. The van der Waals surface area contributed by atoms with E-state index in [2.05, 4.69) is 26.3 Å². The van der Waals surface area contributed by atoms with E-state index in [0.717, 1.165) is 28.2 Å². The first-order chi connectivity index (χ1) is 16.0. The average Bonchev–Trinajstić information content (AvgIpc) is 3.30. The molecule has 166 valence electrons. The number of nitrogens with zero attached hydrogens (tertiary/aromatic N) is 4. The van der Waals surface area contributed by atoms with Gasteiger partial charge in [0.05, 0.1) is 23.5 Å². The van der Waals surface area contributed by atoms with Crippen molar-refractivity contribution in [3.05, 3.63) is 113 Å². The van der Waals surface area contributed by atoms with Crippen molar-refractivity contribution in [1.29, 1.82) is 0 Å². The summed E-state index contributed by atoms with van der Waals surface area (Å²) in [6, 6.07) is 18.6. The number of aromatic nitrogens is 3. The van der Waals surface area contributed by atoms with Crippen LogP contribution in [0.4, 0.5) is 4.39 Å². The van der Waals surface area contributed by atoms with Crippen molar-refractivity contribution in [2.45, 2.75) is 32.5 Å². The zero-order valence-electron chi connectivity index (χ0n) is 18.4. The van der Waals surface area contributed by atoms with Crippen LogP contribution in [0.5, 0.6) is 0 Å². The normalized spacial score (nSPS) is 17.9. The fourth-order valence-corrected chi connectivity index (χ4v) is 5.00. The first-order valence-corrected chi connectivity index (χ1v) is 11.3. The molecule has 7 heteroatoms. The smallest absolute Gasteiger partial charge is 0.170 e. The topological polar surface area (TPSA) is 46.0 Å². The summed E-state index contributed by atoms with van der Waals surface area (Å²) in [5.74, 6) is -0.251. The predicted octanol–water partition coefficient (Wildman–Crippen LogP) is 5.20. The summed E-state index contributed by atoms with van der Waals surface area (Å²) in [4.78, 5) is 11.1. The molecular weight excluding hydrogens is 433 g/mol. The van der Waals surface area contributed by atoms with Gasteiger partial charge in [-0.15, -0.1) is 0 Å². The van der Waals surface area contributed by atoms with Gasteiger partial charge in [-0.2, -0.15) is 0 Å². The summed E-state index contributed by atoms with van der Waals surface area (Å²) in [6.07, 6.45) is 5.42. The van der Waals surface area contributed by atoms with E-state index in [4.69, 9.17) is 12.2 Å². The van der Waals surface area contributed by atoms with Crippen LogP contribution in [-0.4, -0.2) is 24.5 Å². The monoisotopic (exact) mass is 457 g/mol. The van der Waals surface area contributed by atoms with Crippen molar-refractivity contribution in [3.63, 3.8) is 0 Å². The number of hydrogen-bond donors (Lipinski definition) is 1. The number of thiocarbonyl (C=S) groups is 1. The molecule has 0 bridgehead atoms. The first kappa shape index (κ1) is 21.3. The van der Waals surface area contributed by atoms with Gasteiger partial charge >= 0.3 is 0 Å². The van der Waals surface area contributed by atoms with Crippen molar-refractivity contribution in [3.8, 4) is 5.69 Å². The molecule has 4 aromatic rings. The van der Waals surface area contributed by atoms with Gasteiger partial charge in [-0.3, -0.25) is 9.97 Å². The van der Waals surface area contributed by atoms with Gasteiger partial charge in [-0.1, -0.05) is 24.3 Å². The van der Waals surface area contributed by atoms with Gasteiger partial charge in [0.1, 0.15) is 5.82 Å². The number of rotatable bonds is 5. The number of benzene rings is 1. The van der Waals surface area contributed by atoms with Crippen LogP contribution in [-0.2, 0) is 6.54 Å². The third kappa shape index (κ3) is 3.89. The Hall–Kier alpha value is -3.58. The first-order valence-electron chi connectivity index (χ1n) is 10.9. The third-order valence-corrected chi connectivity index (χ3v) is 6.51. The van der Waals surface area contributed by atoms with Crippen LogP contribution in [0, 0.1) is 19.7 Å². The van der Waals surface area contributed by atoms with E-state index in [9.17, 15) is 4.39 Å².